The van der Waals surface area contributed by atoms with Gasteiger partial charge in [-0.15, -0.1) is 11.3 Å². The van der Waals surface area contributed by atoms with Crippen LogP contribution in [0.25, 0.3) is 0 Å². The van der Waals surface area contributed by atoms with Crippen molar-refractivity contribution in [2.75, 3.05) is 6.61 Å². The van der Waals surface area contributed by atoms with Crippen LogP contribution < -0.4 is 4.74 Å². The summed E-state index contributed by atoms with van der Waals surface area (Å²) in [5.74, 6) is 0.656. The molecule has 1 heterocycles. The van der Waals surface area contributed by atoms with Crippen molar-refractivity contribution in [3.8, 4) is 5.75 Å². The molecule has 0 atom stereocenters. The lowest BCUT2D eigenvalue weighted by Gasteiger charge is -2.06. The van der Waals surface area contributed by atoms with Crippen LogP contribution in [0.15, 0.2) is 34.1 Å². The number of hydrogen-bond acceptors (Lipinski definition) is 3. The van der Waals surface area contributed by atoms with E-state index in [0.717, 1.165) is 5.75 Å². The largest absolute Gasteiger partial charge is 0.494 e. The van der Waals surface area contributed by atoms with Crippen molar-refractivity contribution < 1.29 is 9.53 Å². The van der Waals surface area contributed by atoms with Gasteiger partial charge in [-0.25, -0.2) is 0 Å². The van der Waals surface area contributed by atoms with E-state index < -0.39 is 0 Å². The summed E-state index contributed by atoms with van der Waals surface area (Å²) >= 11 is 10.7. The molecule has 0 fully saturated rings. The fourth-order valence-electron chi connectivity index (χ4n) is 1.51. The minimum Gasteiger partial charge on any atom is -0.494 e. The predicted molar refractivity (Wildman–Crippen MR) is 78.1 cm³/mol. The van der Waals surface area contributed by atoms with Gasteiger partial charge in [0.2, 0.25) is 5.78 Å². The van der Waals surface area contributed by atoms with Gasteiger partial charge in [-0.2, -0.15) is 0 Å². The number of ketones is 1. The highest BCUT2D eigenvalue weighted by molar-refractivity contribution is 9.10. The zero-order valence-corrected chi connectivity index (χ0v) is 12.7. The minimum absolute atomic E-state index is 0.0788. The second kappa shape index (κ2) is 5.87. The van der Waals surface area contributed by atoms with Crippen LogP contribution in [-0.2, 0) is 0 Å². The van der Waals surface area contributed by atoms with Crippen LogP contribution in [0.3, 0.4) is 0 Å². The first-order valence-corrected chi connectivity index (χ1v) is 7.38. The summed E-state index contributed by atoms with van der Waals surface area (Å²) in [6, 6.07) is 7.04. The fourth-order valence-corrected chi connectivity index (χ4v) is 3.15. The third-order valence-corrected chi connectivity index (χ3v) is 4.32. The number of rotatable bonds is 4. The Hall–Kier alpha value is -0.840. The molecule has 1 aromatic heterocycles. The first kappa shape index (κ1) is 13.6. The standard InChI is InChI=1S/C13H10BrClO2S/c1-2-17-8-3-4-9(10(14)7-8)12(16)13-11(15)5-6-18-13/h3-7H,2H2,1H3. The van der Waals surface area contributed by atoms with Crippen molar-refractivity contribution in [1.82, 2.24) is 0 Å². The lowest BCUT2D eigenvalue weighted by atomic mass is 10.1. The topological polar surface area (TPSA) is 26.3 Å². The summed E-state index contributed by atoms with van der Waals surface area (Å²) in [5.41, 5.74) is 0.586. The number of carbonyl (C=O) groups excluding carboxylic acids is 1. The Bertz CT molecular complexity index is 580. The molecule has 2 aromatic rings. The average molecular weight is 346 g/mol. The number of carbonyl (C=O) groups is 1. The molecule has 0 N–H and O–H groups in total. The lowest BCUT2D eigenvalue weighted by Crippen LogP contribution is -2.01. The maximum atomic E-state index is 12.3. The molecule has 0 aliphatic carbocycles. The van der Waals surface area contributed by atoms with Crippen LogP contribution in [-0.4, -0.2) is 12.4 Å². The molecular formula is C13H10BrClO2S. The van der Waals surface area contributed by atoms with Gasteiger partial charge in [0.1, 0.15) is 5.75 Å². The molecule has 0 aliphatic rings. The van der Waals surface area contributed by atoms with E-state index in [1.54, 1.807) is 29.6 Å². The zero-order chi connectivity index (χ0) is 13.1. The Morgan fingerprint density at radius 1 is 1.44 bits per heavy atom. The van der Waals surface area contributed by atoms with Crippen molar-refractivity contribution in [2.24, 2.45) is 0 Å². The predicted octanol–water partition coefficient (Wildman–Crippen LogP) is 4.79. The van der Waals surface area contributed by atoms with E-state index in [0.29, 0.717) is 26.5 Å². The van der Waals surface area contributed by atoms with Crippen molar-refractivity contribution in [3.05, 3.63) is 49.6 Å². The third-order valence-electron chi connectivity index (χ3n) is 2.32. The molecule has 2 rings (SSSR count). The van der Waals surface area contributed by atoms with Crippen LogP contribution in [0.1, 0.15) is 22.2 Å². The third kappa shape index (κ3) is 2.76. The highest BCUT2D eigenvalue weighted by Crippen LogP contribution is 2.30. The highest BCUT2D eigenvalue weighted by Gasteiger charge is 2.17. The number of halogens is 2. The maximum absolute atomic E-state index is 12.3. The van der Waals surface area contributed by atoms with Gasteiger partial charge in [0.05, 0.1) is 16.5 Å². The smallest absolute Gasteiger partial charge is 0.205 e. The molecule has 1 aromatic carbocycles. The summed E-state index contributed by atoms with van der Waals surface area (Å²) in [6.07, 6.45) is 0. The SMILES string of the molecule is CCOc1ccc(C(=O)c2sccc2Cl)c(Br)c1. The van der Waals surface area contributed by atoms with Gasteiger partial charge in [-0.1, -0.05) is 11.6 Å². The van der Waals surface area contributed by atoms with Gasteiger partial charge in [0.25, 0.3) is 0 Å². The number of ether oxygens (including phenoxy) is 1. The Balaban J connectivity index is 2.34. The quantitative estimate of drug-likeness (QED) is 0.744. The molecular weight excluding hydrogens is 336 g/mol. The molecule has 0 unspecified atom stereocenters. The Labute approximate surface area is 123 Å². The normalized spacial score (nSPS) is 10.4. The summed E-state index contributed by atoms with van der Waals surface area (Å²) < 4.78 is 6.08. The molecule has 0 saturated carbocycles. The van der Waals surface area contributed by atoms with Crippen molar-refractivity contribution in [1.29, 1.82) is 0 Å². The highest BCUT2D eigenvalue weighted by atomic mass is 79.9. The van der Waals surface area contributed by atoms with E-state index >= 15 is 0 Å². The van der Waals surface area contributed by atoms with Gasteiger partial charge in [-0.3, -0.25) is 4.79 Å². The summed E-state index contributed by atoms with van der Waals surface area (Å²) in [5, 5.41) is 2.30. The first-order chi connectivity index (χ1) is 8.63. The van der Waals surface area contributed by atoms with E-state index in [9.17, 15) is 4.79 Å². The number of benzene rings is 1. The van der Waals surface area contributed by atoms with Crippen molar-refractivity contribution in [2.45, 2.75) is 6.92 Å². The van der Waals surface area contributed by atoms with E-state index in [1.807, 2.05) is 6.92 Å². The Morgan fingerprint density at radius 2 is 2.22 bits per heavy atom. The Morgan fingerprint density at radius 3 is 2.78 bits per heavy atom. The summed E-state index contributed by atoms with van der Waals surface area (Å²) in [7, 11) is 0. The van der Waals surface area contributed by atoms with Crippen LogP contribution in [0.5, 0.6) is 5.75 Å². The number of hydrogen-bond donors (Lipinski definition) is 0. The summed E-state index contributed by atoms with van der Waals surface area (Å²) in [4.78, 5) is 12.8. The minimum atomic E-state index is -0.0788. The first-order valence-electron chi connectivity index (χ1n) is 5.33. The molecule has 0 bridgehead atoms. The second-order valence-corrected chi connectivity index (χ2v) is 5.68. The molecule has 2 nitrogen and oxygen atoms in total. The van der Waals surface area contributed by atoms with Gasteiger partial charge >= 0.3 is 0 Å². The average Bonchev–Trinajstić information content (AvgIpc) is 2.75. The zero-order valence-electron chi connectivity index (χ0n) is 9.57. The molecule has 0 saturated heterocycles. The second-order valence-electron chi connectivity index (χ2n) is 3.50. The maximum Gasteiger partial charge on any atom is 0.205 e. The molecule has 94 valence electrons. The molecule has 18 heavy (non-hydrogen) atoms. The summed E-state index contributed by atoms with van der Waals surface area (Å²) in [6.45, 7) is 2.51. The lowest BCUT2D eigenvalue weighted by molar-refractivity contribution is 0.104. The van der Waals surface area contributed by atoms with Gasteiger partial charge in [0, 0.05) is 10.0 Å². The van der Waals surface area contributed by atoms with E-state index in [1.165, 1.54) is 11.3 Å². The Kier molecular flexibility index (Phi) is 4.43. The van der Waals surface area contributed by atoms with E-state index in [4.69, 9.17) is 16.3 Å². The van der Waals surface area contributed by atoms with Crippen LogP contribution >= 0.6 is 38.9 Å². The molecule has 0 radical (unpaired) electrons. The van der Waals surface area contributed by atoms with Crippen LogP contribution in [0.2, 0.25) is 5.02 Å². The fraction of sp³-hybridized carbons (Fsp3) is 0.154. The van der Waals surface area contributed by atoms with E-state index in [-0.39, 0.29) is 5.78 Å². The van der Waals surface area contributed by atoms with Crippen molar-refractivity contribution >= 4 is 44.7 Å². The molecule has 0 amide bonds. The van der Waals surface area contributed by atoms with Gasteiger partial charge in [0.15, 0.2) is 0 Å². The molecule has 0 spiro atoms. The monoisotopic (exact) mass is 344 g/mol. The van der Waals surface area contributed by atoms with Crippen LogP contribution in [0, 0.1) is 0 Å². The molecule has 0 aliphatic heterocycles. The van der Waals surface area contributed by atoms with Gasteiger partial charge < -0.3 is 4.74 Å². The number of thiophene rings is 1. The van der Waals surface area contributed by atoms with E-state index in [2.05, 4.69) is 15.9 Å². The van der Waals surface area contributed by atoms with Crippen LogP contribution in [0.4, 0.5) is 0 Å². The molecule has 5 heteroatoms. The van der Waals surface area contributed by atoms with Gasteiger partial charge in [-0.05, 0) is 52.5 Å². The van der Waals surface area contributed by atoms with Crippen molar-refractivity contribution in [3.63, 3.8) is 0 Å².